The van der Waals surface area contributed by atoms with Crippen LogP contribution in [0.25, 0.3) is 0 Å². The Balaban J connectivity index is 0.00000341. The molecule has 0 saturated carbocycles. The second-order valence-electron chi connectivity index (χ2n) is 7.47. The summed E-state index contributed by atoms with van der Waals surface area (Å²) in [5, 5.41) is 6.89. The molecule has 0 spiro atoms. The summed E-state index contributed by atoms with van der Waals surface area (Å²) in [4.78, 5) is 7.23. The summed E-state index contributed by atoms with van der Waals surface area (Å²) in [6.45, 7) is 9.05. The van der Waals surface area contributed by atoms with Crippen molar-refractivity contribution < 1.29 is 13.9 Å². The van der Waals surface area contributed by atoms with Gasteiger partial charge in [0.25, 0.3) is 0 Å². The first-order valence-electron chi connectivity index (χ1n) is 10.7. The molecule has 172 valence electrons. The third-order valence-corrected chi connectivity index (χ3v) is 5.14. The molecule has 3 rings (SSSR count). The maximum Gasteiger partial charge on any atom is 0.191 e. The molecular formula is C23H35IN4O3. The quantitative estimate of drug-likeness (QED) is 0.208. The standard InChI is InChI=1S/C23H34N4O3.HI/c1-19-6-7-20(22(17-19)28-2)18-26-23(25-10-8-21-5-3-14-30-21)24-9-4-11-27-12-15-29-16-13-27;/h3,5-7,14,17H,4,8-13,15-16,18H2,1-2H3,(H2,24,25,26);1H. The molecule has 8 heteroatoms. The van der Waals surface area contributed by atoms with E-state index in [1.807, 2.05) is 18.2 Å². The maximum absolute atomic E-state index is 5.52. The molecular weight excluding hydrogens is 507 g/mol. The number of guanidine groups is 1. The second-order valence-corrected chi connectivity index (χ2v) is 7.47. The fourth-order valence-electron chi connectivity index (χ4n) is 3.41. The summed E-state index contributed by atoms with van der Waals surface area (Å²) in [5.41, 5.74) is 2.25. The fraction of sp³-hybridized carbons (Fsp3) is 0.522. The van der Waals surface area contributed by atoms with Crippen LogP contribution in [0.1, 0.15) is 23.3 Å². The monoisotopic (exact) mass is 542 g/mol. The lowest BCUT2D eigenvalue weighted by Gasteiger charge is -2.26. The molecule has 0 atom stereocenters. The van der Waals surface area contributed by atoms with Crippen LogP contribution in [0.2, 0.25) is 0 Å². The molecule has 1 aromatic heterocycles. The fourth-order valence-corrected chi connectivity index (χ4v) is 3.41. The third-order valence-electron chi connectivity index (χ3n) is 5.14. The predicted molar refractivity (Wildman–Crippen MR) is 135 cm³/mol. The van der Waals surface area contributed by atoms with Gasteiger partial charge in [-0.25, -0.2) is 4.99 Å². The van der Waals surface area contributed by atoms with Crippen molar-refractivity contribution in [3.8, 4) is 5.75 Å². The number of hydrogen-bond donors (Lipinski definition) is 2. The van der Waals surface area contributed by atoms with E-state index < -0.39 is 0 Å². The Morgan fingerprint density at radius 3 is 2.71 bits per heavy atom. The van der Waals surface area contributed by atoms with E-state index in [9.17, 15) is 0 Å². The summed E-state index contributed by atoms with van der Waals surface area (Å²) >= 11 is 0. The van der Waals surface area contributed by atoms with Gasteiger partial charge in [0.15, 0.2) is 5.96 Å². The van der Waals surface area contributed by atoms with E-state index in [4.69, 9.17) is 18.9 Å². The number of furan rings is 1. The van der Waals surface area contributed by atoms with Gasteiger partial charge in [-0.15, -0.1) is 24.0 Å². The topological polar surface area (TPSA) is 71.3 Å². The Labute approximate surface area is 202 Å². The zero-order valence-electron chi connectivity index (χ0n) is 18.6. The molecule has 1 aliphatic heterocycles. The lowest BCUT2D eigenvalue weighted by molar-refractivity contribution is 0.0376. The Kier molecular flexibility index (Phi) is 11.8. The summed E-state index contributed by atoms with van der Waals surface area (Å²) in [6, 6.07) is 10.1. The minimum absolute atomic E-state index is 0. The number of methoxy groups -OCH3 is 1. The summed E-state index contributed by atoms with van der Waals surface area (Å²) in [7, 11) is 1.70. The average Bonchev–Trinajstić information content (AvgIpc) is 3.29. The van der Waals surface area contributed by atoms with Crippen molar-refractivity contribution in [2.24, 2.45) is 4.99 Å². The number of aryl methyl sites for hydroxylation is 1. The van der Waals surface area contributed by atoms with Crippen LogP contribution in [0.4, 0.5) is 0 Å². The molecule has 31 heavy (non-hydrogen) atoms. The zero-order valence-corrected chi connectivity index (χ0v) is 20.9. The number of nitrogens with zero attached hydrogens (tertiary/aromatic N) is 2. The first-order chi connectivity index (χ1) is 14.7. The molecule has 1 aromatic carbocycles. The van der Waals surface area contributed by atoms with Gasteiger partial charge >= 0.3 is 0 Å². The first kappa shape index (κ1) is 25.5. The number of nitrogens with one attached hydrogen (secondary N) is 2. The minimum atomic E-state index is 0. The van der Waals surface area contributed by atoms with Crippen molar-refractivity contribution in [1.82, 2.24) is 15.5 Å². The van der Waals surface area contributed by atoms with E-state index in [1.165, 1.54) is 5.56 Å². The molecule has 0 unspecified atom stereocenters. The zero-order chi connectivity index (χ0) is 21.0. The highest BCUT2D eigenvalue weighted by atomic mass is 127. The van der Waals surface area contributed by atoms with E-state index in [1.54, 1.807) is 13.4 Å². The molecule has 0 radical (unpaired) electrons. The molecule has 0 amide bonds. The highest BCUT2D eigenvalue weighted by molar-refractivity contribution is 14.0. The predicted octanol–water partition coefficient (Wildman–Crippen LogP) is 3.21. The van der Waals surface area contributed by atoms with Gasteiger partial charge < -0.3 is 24.5 Å². The van der Waals surface area contributed by atoms with Gasteiger partial charge in [0.05, 0.1) is 33.1 Å². The molecule has 2 aromatic rings. The van der Waals surface area contributed by atoms with Gasteiger partial charge in [-0.3, -0.25) is 4.90 Å². The van der Waals surface area contributed by atoms with E-state index in [0.29, 0.717) is 6.54 Å². The largest absolute Gasteiger partial charge is 0.496 e. The molecule has 1 aliphatic rings. The molecule has 2 N–H and O–H groups in total. The van der Waals surface area contributed by atoms with E-state index >= 15 is 0 Å². The minimum Gasteiger partial charge on any atom is -0.496 e. The van der Waals surface area contributed by atoms with Crippen LogP contribution in [0.3, 0.4) is 0 Å². The van der Waals surface area contributed by atoms with E-state index in [-0.39, 0.29) is 24.0 Å². The van der Waals surface area contributed by atoms with Crippen molar-refractivity contribution in [1.29, 1.82) is 0 Å². The van der Waals surface area contributed by atoms with Crippen molar-refractivity contribution in [3.05, 3.63) is 53.5 Å². The van der Waals surface area contributed by atoms with Crippen LogP contribution in [0, 0.1) is 6.92 Å². The average molecular weight is 542 g/mol. The first-order valence-corrected chi connectivity index (χ1v) is 10.7. The number of ether oxygens (including phenoxy) is 2. The number of benzene rings is 1. The third kappa shape index (κ3) is 9.08. The number of hydrogen-bond acceptors (Lipinski definition) is 5. The molecule has 2 heterocycles. The SMILES string of the molecule is COc1cc(C)ccc1CN=C(NCCCN1CCOCC1)NCCc1ccco1.I. The summed E-state index contributed by atoms with van der Waals surface area (Å²) in [5.74, 6) is 2.65. The van der Waals surface area contributed by atoms with Gasteiger partial charge in [-0.2, -0.15) is 0 Å². The normalized spacial score (nSPS) is 14.7. The molecule has 0 bridgehead atoms. The van der Waals surface area contributed by atoms with Crippen LogP contribution in [0.15, 0.2) is 46.0 Å². The second kappa shape index (κ2) is 14.3. The Morgan fingerprint density at radius 2 is 1.97 bits per heavy atom. The molecule has 1 fully saturated rings. The molecule has 7 nitrogen and oxygen atoms in total. The lowest BCUT2D eigenvalue weighted by atomic mass is 10.1. The Bertz CT molecular complexity index is 777. The van der Waals surface area contributed by atoms with E-state index in [0.717, 1.165) is 81.8 Å². The van der Waals surface area contributed by atoms with Gasteiger partial charge in [0.2, 0.25) is 0 Å². The van der Waals surface area contributed by atoms with Gasteiger partial charge in [0, 0.05) is 38.2 Å². The molecule has 1 saturated heterocycles. The highest BCUT2D eigenvalue weighted by Gasteiger charge is 2.10. The van der Waals surface area contributed by atoms with Crippen molar-refractivity contribution in [3.63, 3.8) is 0 Å². The van der Waals surface area contributed by atoms with Crippen LogP contribution < -0.4 is 15.4 Å². The lowest BCUT2D eigenvalue weighted by Crippen LogP contribution is -2.41. The van der Waals surface area contributed by atoms with Crippen LogP contribution in [-0.2, 0) is 17.7 Å². The Morgan fingerprint density at radius 1 is 1.16 bits per heavy atom. The van der Waals surface area contributed by atoms with Crippen molar-refractivity contribution >= 4 is 29.9 Å². The van der Waals surface area contributed by atoms with Crippen LogP contribution in [0.5, 0.6) is 5.75 Å². The summed E-state index contributed by atoms with van der Waals surface area (Å²) in [6.07, 6.45) is 3.58. The highest BCUT2D eigenvalue weighted by Crippen LogP contribution is 2.20. The summed E-state index contributed by atoms with van der Waals surface area (Å²) < 4.78 is 16.4. The van der Waals surface area contributed by atoms with Gasteiger partial charge in [-0.05, 0) is 43.7 Å². The number of halogens is 1. The smallest absolute Gasteiger partial charge is 0.191 e. The number of aliphatic imine (C=N–C) groups is 1. The molecule has 0 aliphatic carbocycles. The van der Waals surface area contributed by atoms with Crippen molar-refractivity contribution in [2.45, 2.75) is 26.3 Å². The number of rotatable bonds is 10. The van der Waals surface area contributed by atoms with Gasteiger partial charge in [-0.1, -0.05) is 12.1 Å². The maximum atomic E-state index is 5.52. The van der Waals surface area contributed by atoms with Crippen molar-refractivity contribution in [2.75, 3.05) is 53.0 Å². The van der Waals surface area contributed by atoms with Crippen LogP contribution in [-0.4, -0.2) is 63.9 Å². The van der Waals surface area contributed by atoms with Gasteiger partial charge in [0.1, 0.15) is 11.5 Å². The van der Waals surface area contributed by atoms with Crippen LogP contribution >= 0.6 is 24.0 Å². The Hall–Kier alpha value is -1.78. The van der Waals surface area contributed by atoms with E-state index in [2.05, 4.69) is 34.6 Å². The number of morpholine rings is 1.